The summed E-state index contributed by atoms with van der Waals surface area (Å²) in [6.07, 6.45) is 6.55. The lowest BCUT2D eigenvalue weighted by molar-refractivity contribution is 0.176. The number of urea groups is 1. The molecule has 1 aliphatic rings. The zero-order valence-electron chi connectivity index (χ0n) is 12.2. The molecule has 1 aromatic carbocycles. The van der Waals surface area contributed by atoms with Crippen LogP contribution in [-0.2, 0) is 0 Å². The first-order valence-electron chi connectivity index (χ1n) is 7.36. The minimum absolute atomic E-state index is 0.0557. The minimum atomic E-state index is -1.59. The summed E-state index contributed by atoms with van der Waals surface area (Å²) in [6, 6.07) is 1.32. The molecule has 3 nitrogen and oxygen atoms in total. The van der Waals surface area contributed by atoms with Crippen molar-refractivity contribution in [3.8, 4) is 0 Å². The van der Waals surface area contributed by atoms with E-state index in [0.717, 1.165) is 44.2 Å². The topological polar surface area (TPSA) is 32.3 Å². The van der Waals surface area contributed by atoms with Crippen molar-refractivity contribution in [3.05, 3.63) is 42.2 Å². The van der Waals surface area contributed by atoms with Crippen molar-refractivity contribution < 1.29 is 18.0 Å². The molecule has 120 valence electrons. The molecule has 1 aromatic rings. The smallest absolute Gasteiger partial charge is 0.318 e. The zero-order valence-corrected chi connectivity index (χ0v) is 12.2. The van der Waals surface area contributed by atoms with E-state index in [1.165, 1.54) is 0 Å². The number of amides is 2. The highest BCUT2D eigenvalue weighted by atomic mass is 19.2. The molecule has 0 spiro atoms. The third-order valence-electron chi connectivity index (χ3n) is 3.88. The second-order valence-corrected chi connectivity index (χ2v) is 5.39. The molecule has 0 heterocycles. The van der Waals surface area contributed by atoms with Gasteiger partial charge in [-0.15, -0.1) is 6.58 Å². The highest BCUT2D eigenvalue weighted by Gasteiger charge is 2.25. The van der Waals surface area contributed by atoms with E-state index in [1.54, 1.807) is 11.0 Å². The summed E-state index contributed by atoms with van der Waals surface area (Å²) in [4.78, 5) is 13.9. The molecule has 0 bridgehead atoms. The van der Waals surface area contributed by atoms with Crippen LogP contribution in [0.4, 0.5) is 23.7 Å². The molecular weight excluding hydrogens is 293 g/mol. The maximum atomic E-state index is 13.6. The Hall–Kier alpha value is -1.98. The van der Waals surface area contributed by atoms with E-state index in [1.807, 2.05) is 0 Å². The van der Waals surface area contributed by atoms with Crippen LogP contribution >= 0.6 is 0 Å². The molecule has 2 amide bonds. The summed E-state index contributed by atoms with van der Waals surface area (Å²) in [5, 5.41) is 2.32. The van der Waals surface area contributed by atoms with Crippen LogP contribution in [0.2, 0.25) is 0 Å². The fourth-order valence-corrected chi connectivity index (χ4v) is 2.74. The molecule has 1 aliphatic carbocycles. The van der Waals surface area contributed by atoms with Crippen molar-refractivity contribution in [1.29, 1.82) is 0 Å². The Morgan fingerprint density at radius 2 is 1.91 bits per heavy atom. The van der Waals surface area contributed by atoms with Crippen LogP contribution in [0.25, 0.3) is 0 Å². The van der Waals surface area contributed by atoms with Gasteiger partial charge in [0.05, 0.1) is 5.69 Å². The fourth-order valence-electron chi connectivity index (χ4n) is 2.74. The van der Waals surface area contributed by atoms with Crippen molar-refractivity contribution in [2.45, 2.75) is 38.1 Å². The first-order valence-corrected chi connectivity index (χ1v) is 7.36. The quantitative estimate of drug-likeness (QED) is 0.646. The van der Waals surface area contributed by atoms with Gasteiger partial charge in [0.25, 0.3) is 0 Å². The predicted molar refractivity (Wildman–Crippen MR) is 79.1 cm³/mol. The van der Waals surface area contributed by atoms with Crippen LogP contribution in [0.3, 0.4) is 0 Å². The van der Waals surface area contributed by atoms with Crippen molar-refractivity contribution in [2.24, 2.45) is 0 Å². The molecule has 1 N–H and O–H groups in total. The summed E-state index contributed by atoms with van der Waals surface area (Å²) in [5.41, 5.74) is -0.367. The highest BCUT2D eigenvalue weighted by Crippen LogP contribution is 2.24. The Morgan fingerprint density at radius 1 is 1.23 bits per heavy atom. The van der Waals surface area contributed by atoms with Gasteiger partial charge in [0.2, 0.25) is 0 Å². The molecule has 0 radical (unpaired) electrons. The molecule has 1 fully saturated rings. The Bertz CT molecular complexity index is 557. The average molecular weight is 312 g/mol. The second-order valence-electron chi connectivity index (χ2n) is 5.39. The number of hydrogen-bond acceptors (Lipinski definition) is 1. The van der Waals surface area contributed by atoms with Gasteiger partial charge in [-0.2, -0.15) is 0 Å². The first kappa shape index (κ1) is 16.4. The predicted octanol–water partition coefficient (Wildman–Crippen LogP) is 4.46. The number of carbonyl (C=O) groups is 1. The van der Waals surface area contributed by atoms with Crippen LogP contribution < -0.4 is 5.32 Å². The second kappa shape index (κ2) is 7.33. The van der Waals surface area contributed by atoms with Crippen LogP contribution in [-0.4, -0.2) is 23.5 Å². The number of anilines is 1. The zero-order chi connectivity index (χ0) is 16.1. The molecule has 0 atom stereocenters. The highest BCUT2D eigenvalue weighted by molar-refractivity contribution is 5.89. The number of nitrogens with zero attached hydrogens (tertiary/aromatic N) is 1. The Morgan fingerprint density at radius 3 is 2.55 bits per heavy atom. The van der Waals surface area contributed by atoms with Gasteiger partial charge in [0.15, 0.2) is 17.5 Å². The van der Waals surface area contributed by atoms with Crippen LogP contribution in [0, 0.1) is 17.5 Å². The number of carbonyl (C=O) groups excluding carboxylic acids is 1. The maximum Gasteiger partial charge on any atom is 0.322 e. The largest absolute Gasteiger partial charge is 0.322 e. The van der Waals surface area contributed by atoms with E-state index in [0.29, 0.717) is 6.54 Å². The molecule has 2 rings (SSSR count). The van der Waals surface area contributed by atoms with Crippen molar-refractivity contribution in [1.82, 2.24) is 4.90 Å². The van der Waals surface area contributed by atoms with E-state index in [2.05, 4.69) is 11.9 Å². The summed E-state index contributed by atoms with van der Waals surface area (Å²) in [5.74, 6) is -4.27. The average Bonchev–Trinajstić information content (AvgIpc) is 2.54. The van der Waals surface area contributed by atoms with Gasteiger partial charge in [-0.3, -0.25) is 0 Å². The number of rotatable bonds is 4. The van der Waals surface area contributed by atoms with E-state index < -0.39 is 23.5 Å². The Balaban J connectivity index is 2.14. The van der Waals surface area contributed by atoms with Crippen molar-refractivity contribution in [2.75, 3.05) is 11.9 Å². The number of halogens is 3. The van der Waals surface area contributed by atoms with E-state index >= 15 is 0 Å². The maximum absolute atomic E-state index is 13.6. The van der Waals surface area contributed by atoms with Gasteiger partial charge in [0, 0.05) is 12.6 Å². The van der Waals surface area contributed by atoms with Gasteiger partial charge in [-0.05, 0) is 25.0 Å². The van der Waals surface area contributed by atoms with Gasteiger partial charge in [-0.25, -0.2) is 18.0 Å². The molecule has 0 unspecified atom stereocenters. The van der Waals surface area contributed by atoms with E-state index in [4.69, 9.17) is 0 Å². The Labute approximate surface area is 127 Å². The lowest BCUT2D eigenvalue weighted by Crippen LogP contribution is -2.44. The van der Waals surface area contributed by atoms with Crippen LogP contribution in [0.5, 0.6) is 0 Å². The lowest BCUT2D eigenvalue weighted by Gasteiger charge is -2.33. The summed E-state index contributed by atoms with van der Waals surface area (Å²) < 4.78 is 39.8. The number of nitrogens with one attached hydrogen (secondary N) is 1. The summed E-state index contributed by atoms with van der Waals surface area (Å²) >= 11 is 0. The van der Waals surface area contributed by atoms with Gasteiger partial charge < -0.3 is 10.2 Å². The summed E-state index contributed by atoms with van der Waals surface area (Å²) in [6.45, 7) is 3.94. The van der Waals surface area contributed by atoms with E-state index in [-0.39, 0.29) is 11.7 Å². The lowest BCUT2D eigenvalue weighted by atomic mass is 9.94. The number of hydrogen-bond donors (Lipinski definition) is 1. The first-order chi connectivity index (χ1) is 10.5. The molecule has 0 aromatic heterocycles. The Kier molecular flexibility index (Phi) is 5.46. The third-order valence-corrected chi connectivity index (χ3v) is 3.88. The molecule has 6 heteroatoms. The van der Waals surface area contributed by atoms with Gasteiger partial charge in [-0.1, -0.05) is 25.3 Å². The molecule has 0 saturated heterocycles. The van der Waals surface area contributed by atoms with E-state index in [9.17, 15) is 18.0 Å². The molecule has 0 aliphatic heterocycles. The van der Waals surface area contributed by atoms with Crippen LogP contribution in [0.15, 0.2) is 24.8 Å². The van der Waals surface area contributed by atoms with Crippen molar-refractivity contribution >= 4 is 11.7 Å². The fraction of sp³-hybridized carbons (Fsp3) is 0.438. The number of benzene rings is 1. The SMILES string of the molecule is C=CCN(C(=O)Nc1ccc(F)c(F)c1F)C1CCCCC1. The van der Waals surface area contributed by atoms with Gasteiger partial charge >= 0.3 is 6.03 Å². The molecule has 22 heavy (non-hydrogen) atoms. The molecular formula is C16H19F3N2O. The van der Waals surface area contributed by atoms with Gasteiger partial charge in [0.1, 0.15) is 0 Å². The van der Waals surface area contributed by atoms with Crippen LogP contribution in [0.1, 0.15) is 32.1 Å². The normalized spacial score (nSPS) is 15.4. The molecule has 1 saturated carbocycles. The third kappa shape index (κ3) is 3.61. The monoisotopic (exact) mass is 312 g/mol. The summed E-state index contributed by atoms with van der Waals surface area (Å²) in [7, 11) is 0. The van der Waals surface area contributed by atoms with Crippen molar-refractivity contribution in [3.63, 3.8) is 0 Å². The standard InChI is InChI=1S/C16H19F3N2O/c1-2-10-21(11-6-4-3-5-7-11)16(22)20-13-9-8-12(17)14(18)15(13)19/h2,8-9,11H,1,3-7,10H2,(H,20,22). The minimum Gasteiger partial charge on any atom is -0.318 e.